The van der Waals surface area contributed by atoms with E-state index < -0.39 is 0 Å². The topological polar surface area (TPSA) is 29.5 Å². The molecule has 2 aromatic carbocycles. The first-order valence-corrected chi connectivity index (χ1v) is 9.44. The summed E-state index contributed by atoms with van der Waals surface area (Å²) in [6.07, 6.45) is 7.34. The number of rotatable bonds is 4. The molecule has 3 nitrogen and oxygen atoms in total. The Bertz CT molecular complexity index is 795. The van der Waals surface area contributed by atoms with Gasteiger partial charge in [-0.25, -0.2) is 4.79 Å². The standard InChI is InChI=1S/C23H25NO2/c1-26-23(25)19-12-10-18(11-13-19)20-14-21-8-5-9-22(15-20)24(21)16-17-6-3-2-4-7-17/h2-4,6-7,10-14,21-22H,5,8-9,15-16H2,1H3. The van der Waals surface area contributed by atoms with Crippen LogP contribution in [0.4, 0.5) is 0 Å². The minimum absolute atomic E-state index is 0.278. The fourth-order valence-electron chi connectivity index (χ4n) is 4.31. The van der Waals surface area contributed by atoms with Gasteiger partial charge in [-0.05, 0) is 48.1 Å². The first-order chi connectivity index (χ1) is 12.7. The van der Waals surface area contributed by atoms with Crippen molar-refractivity contribution in [3.63, 3.8) is 0 Å². The van der Waals surface area contributed by atoms with Gasteiger partial charge in [0.05, 0.1) is 12.7 Å². The molecule has 0 saturated carbocycles. The summed E-state index contributed by atoms with van der Waals surface area (Å²) in [6, 6.07) is 19.7. The van der Waals surface area contributed by atoms with Crippen LogP contribution in [-0.2, 0) is 11.3 Å². The molecule has 1 fully saturated rings. The van der Waals surface area contributed by atoms with Crippen molar-refractivity contribution in [2.75, 3.05) is 7.11 Å². The van der Waals surface area contributed by atoms with Crippen molar-refractivity contribution in [3.8, 4) is 0 Å². The number of benzene rings is 2. The number of carbonyl (C=O) groups is 1. The highest BCUT2D eigenvalue weighted by Gasteiger charge is 2.34. The van der Waals surface area contributed by atoms with Crippen LogP contribution in [0, 0.1) is 0 Å². The van der Waals surface area contributed by atoms with Crippen molar-refractivity contribution >= 4 is 11.5 Å². The van der Waals surface area contributed by atoms with Gasteiger partial charge in [-0.2, -0.15) is 0 Å². The van der Waals surface area contributed by atoms with Gasteiger partial charge >= 0.3 is 5.97 Å². The van der Waals surface area contributed by atoms with E-state index in [0.717, 1.165) is 13.0 Å². The van der Waals surface area contributed by atoms with E-state index in [4.69, 9.17) is 4.74 Å². The molecule has 2 unspecified atom stereocenters. The third-order valence-electron chi connectivity index (χ3n) is 5.67. The largest absolute Gasteiger partial charge is 0.465 e. The lowest BCUT2D eigenvalue weighted by molar-refractivity contribution is 0.0600. The van der Waals surface area contributed by atoms with E-state index in [9.17, 15) is 4.79 Å². The summed E-state index contributed by atoms with van der Waals surface area (Å²) < 4.78 is 4.79. The van der Waals surface area contributed by atoms with Gasteiger partial charge in [0, 0.05) is 18.6 Å². The molecule has 2 aromatic rings. The van der Waals surface area contributed by atoms with Gasteiger partial charge in [-0.3, -0.25) is 4.90 Å². The van der Waals surface area contributed by atoms with Gasteiger partial charge in [-0.15, -0.1) is 0 Å². The van der Waals surface area contributed by atoms with Crippen molar-refractivity contribution in [1.29, 1.82) is 0 Å². The minimum atomic E-state index is -0.278. The monoisotopic (exact) mass is 347 g/mol. The van der Waals surface area contributed by atoms with Crippen molar-refractivity contribution in [2.24, 2.45) is 0 Å². The SMILES string of the molecule is COC(=O)c1ccc(C2=CC3CCCC(C2)N3Cc2ccccc2)cc1. The summed E-state index contributed by atoms with van der Waals surface area (Å²) in [5.74, 6) is -0.278. The third kappa shape index (κ3) is 3.45. The number of ether oxygens (including phenoxy) is 1. The number of carbonyl (C=O) groups excluding carboxylic acids is 1. The predicted octanol–water partition coefficient (Wildman–Crippen LogP) is 4.68. The molecule has 0 aromatic heterocycles. The molecular formula is C23H25NO2. The van der Waals surface area contributed by atoms with Crippen LogP contribution in [0.3, 0.4) is 0 Å². The molecule has 1 saturated heterocycles. The lowest BCUT2D eigenvalue weighted by Crippen LogP contribution is -2.47. The van der Waals surface area contributed by atoms with Gasteiger partial charge in [0.15, 0.2) is 0 Å². The van der Waals surface area contributed by atoms with Crippen LogP contribution in [0.25, 0.3) is 5.57 Å². The van der Waals surface area contributed by atoms with E-state index in [0.29, 0.717) is 17.6 Å². The number of esters is 1. The number of piperidine rings is 1. The Labute approximate surface area is 155 Å². The normalized spacial score (nSPS) is 22.6. The highest BCUT2D eigenvalue weighted by Crippen LogP contribution is 2.38. The number of nitrogens with zero attached hydrogens (tertiary/aromatic N) is 1. The van der Waals surface area contributed by atoms with Gasteiger partial charge in [0.1, 0.15) is 0 Å². The quantitative estimate of drug-likeness (QED) is 0.752. The molecule has 134 valence electrons. The van der Waals surface area contributed by atoms with Crippen LogP contribution in [0.2, 0.25) is 0 Å². The zero-order valence-corrected chi connectivity index (χ0v) is 15.2. The molecule has 2 heterocycles. The maximum atomic E-state index is 11.6. The molecule has 3 heteroatoms. The van der Waals surface area contributed by atoms with E-state index >= 15 is 0 Å². The maximum Gasteiger partial charge on any atom is 0.337 e. The van der Waals surface area contributed by atoms with Gasteiger partial charge in [0.25, 0.3) is 0 Å². The number of fused-ring (bicyclic) bond motifs is 2. The van der Waals surface area contributed by atoms with Crippen LogP contribution in [0.1, 0.15) is 47.2 Å². The highest BCUT2D eigenvalue weighted by molar-refractivity contribution is 5.89. The van der Waals surface area contributed by atoms with Crippen molar-refractivity contribution in [2.45, 2.75) is 44.3 Å². The zero-order chi connectivity index (χ0) is 17.9. The molecular weight excluding hydrogens is 322 g/mol. The van der Waals surface area contributed by atoms with Crippen LogP contribution >= 0.6 is 0 Å². The average molecular weight is 347 g/mol. The molecule has 0 radical (unpaired) electrons. The third-order valence-corrected chi connectivity index (χ3v) is 5.67. The first kappa shape index (κ1) is 17.0. The number of methoxy groups -OCH3 is 1. The van der Waals surface area contributed by atoms with Gasteiger partial charge in [0.2, 0.25) is 0 Å². The van der Waals surface area contributed by atoms with E-state index in [1.165, 1.54) is 43.1 Å². The van der Waals surface area contributed by atoms with Crippen LogP contribution in [-0.4, -0.2) is 30.1 Å². The molecule has 2 aliphatic rings. The summed E-state index contributed by atoms with van der Waals surface area (Å²) in [4.78, 5) is 14.3. The second kappa shape index (κ2) is 7.46. The molecule has 0 amide bonds. The Morgan fingerprint density at radius 1 is 1.08 bits per heavy atom. The summed E-state index contributed by atoms with van der Waals surface area (Å²) in [7, 11) is 1.42. The second-order valence-corrected chi connectivity index (χ2v) is 7.27. The summed E-state index contributed by atoms with van der Waals surface area (Å²) >= 11 is 0. The first-order valence-electron chi connectivity index (χ1n) is 9.44. The fourth-order valence-corrected chi connectivity index (χ4v) is 4.31. The molecule has 4 rings (SSSR count). The second-order valence-electron chi connectivity index (χ2n) is 7.27. The zero-order valence-electron chi connectivity index (χ0n) is 15.2. The van der Waals surface area contributed by atoms with E-state index in [2.05, 4.69) is 53.4 Å². The van der Waals surface area contributed by atoms with Crippen LogP contribution in [0.5, 0.6) is 0 Å². The summed E-state index contributed by atoms with van der Waals surface area (Å²) in [5.41, 5.74) is 4.65. The average Bonchev–Trinajstić information content (AvgIpc) is 2.68. The maximum absolute atomic E-state index is 11.6. The molecule has 0 spiro atoms. The van der Waals surface area contributed by atoms with Crippen molar-refractivity contribution in [3.05, 3.63) is 77.4 Å². The Balaban J connectivity index is 1.55. The molecule has 0 aliphatic carbocycles. The molecule has 2 atom stereocenters. The lowest BCUT2D eigenvalue weighted by Gasteiger charge is -2.45. The number of hydrogen-bond donors (Lipinski definition) is 0. The van der Waals surface area contributed by atoms with Gasteiger partial charge < -0.3 is 4.74 Å². The molecule has 2 aliphatic heterocycles. The lowest BCUT2D eigenvalue weighted by atomic mass is 9.82. The Hall–Kier alpha value is -2.39. The Morgan fingerprint density at radius 3 is 2.54 bits per heavy atom. The Kier molecular flexibility index (Phi) is 4.89. The number of hydrogen-bond acceptors (Lipinski definition) is 3. The van der Waals surface area contributed by atoms with Crippen LogP contribution < -0.4 is 0 Å². The predicted molar refractivity (Wildman–Crippen MR) is 104 cm³/mol. The smallest absolute Gasteiger partial charge is 0.337 e. The van der Waals surface area contributed by atoms with Crippen LogP contribution in [0.15, 0.2) is 60.7 Å². The van der Waals surface area contributed by atoms with Crippen molar-refractivity contribution < 1.29 is 9.53 Å². The van der Waals surface area contributed by atoms with E-state index in [1.54, 1.807) is 0 Å². The summed E-state index contributed by atoms with van der Waals surface area (Å²) in [6.45, 7) is 1.03. The highest BCUT2D eigenvalue weighted by atomic mass is 16.5. The van der Waals surface area contributed by atoms with E-state index in [1.807, 2.05) is 12.1 Å². The fraction of sp³-hybridized carbons (Fsp3) is 0.348. The molecule has 2 bridgehead atoms. The Morgan fingerprint density at radius 2 is 1.85 bits per heavy atom. The molecule has 26 heavy (non-hydrogen) atoms. The molecule has 0 N–H and O–H groups in total. The van der Waals surface area contributed by atoms with Gasteiger partial charge in [-0.1, -0.05) is 55.0 Å². The van der Waals surface area contributed by atoms with Crippen molar-refractivity contribution in [1.82, 2.24) is 4.90 Å². The van der Waals surface area contributed by atoms with E-state index in [-0.39, 0.29) is 5.97 Å². The minimum Gasteiger partial charge on any atom is -0.465 e. The summed E-state index contributed by atoms with van der Waals surface area (Å²) in [5, 5.41) is 0.